The standard InChI is InChI=1S/C19H20N2O5S/c1-12-6-4-5-7-17(12)27-11-19(23)26-10-18(22)20-15-8-13(2)14(3)9-16(15)21(24)25/h4-9H,10-11H2,1-3H3,(H,20,22). The quantitative estimate of drug-likeness (QED) is 0.335. The number of hydrogen-bond donors (Lipinski definition) is 1. The van der Waals surface area contributed by atoms with E-state index in [0.717, 1.165) is 21.6 Å². The zero-order chi connectivity index (χ0) is 20.0. The van der Waals surface area contributed by atoms with Crippen LogP contribution in [0.25, 0.3) is 0 Å². The molecule has 1 amide bonds. The maximum atomic E-state index is 12.0. The molecule has 27 heavy (non-hydrogen) atoms. The highest BCUT2D eigenvalue weighted by molar-refractivity contribution is 8.00. The number of carbonyl (C=O) groups excluding carboxylic acids is 2. The first-order valence-electron chi connectivity index (χ1n) is 8.17. The van der Waals surface area contributed by atoms with Gasteiger partial charge in [-0.2, -0.15) is 0 Å². The van der Waals surface area contributed by atoms with Crippen molar-refractivity contribution in [2.24, 2.45) is 0 Å². The lowest BCUT2D eigenvalue weighted by atomic mass is 10.1. The molecule has 0 aliphatic rings. The summed E-state index contributed by atoms with van der Waals surface area (Å²) in [5, 5.41) is 13.6. The zero-order valence-electron chi connectivity index (χ0n) is 15.3. The van der Waals surface area contributed by atoms with Gasteiger partial charge in [0.1, 0.15) is 5.69 Å². The Bertz CT molecular complexity index is 882. The van der Waals surface area contributed by atoms with E-state index in [0.29, 0.717) is 0 Å². The highest BCUT2D eigenvalue weighted by Crippen LogP contribution is 2.28. The number of hydrogen-bond acceptors (Lipinski definition) is 6. The number of anilines is 1. The summed E-state index contributed by atoms with van der Waals surface area (Å²) < 4.78 is 4.95. The number of benzene rings is 2. The molecule has 1 N–H and O–H groups in total. The molecule has 8 heteroatoms. The normalized spacial score (nSPS) is 10.3. The number of nitro groups is 1. The maximum absolute atomic E-state index is 12.0. The fourth-order valence-corrected chi connectivity index (χ4v) is 3.11. The first kappa shape index (κ1) is 20.4. The monoisotopic (exact) mass is 388 g/mol. The summed E-state index contributed by atoms with van der Waals surface area (Å²) in [5.41, 5.74) is 2.49. The predicted molar refractivity (Wildman–Crippen MR) is 104 cm³/mol. The van der Waals surface area contributed by atoms with Crippen molar-refractivity contribution in [3.05, 3.63) is 63.2 Å². The van der Waals surface area contributed by atoms with Gasteiger partial charge in [-0.15, -0.1) is 11.8 Å². The van der Waals surface area contributed by atoms with Gasteiger partial charge in [0.15, 0.2) is 6.61 Å². The lowest BCUT2D eigenvalue weighted by molar-refractivity contribution is -0.384. The molecule has 0 atom stereocenters. The molecule has 0 aromatic heterocycles. The second-order valence-corrected chi connectivity index (χ2v) is 6.99. The third kappa shape index (κ3) is 5.82. The van der Waals surface area contributed by atoms with Crippen LogP contribution in [0.15, 0.2) is 41.3 Å². The Labute approximate surface area is 161 Å². The van der Waals surface area contributed by atoms with E-state index in [9.17, 15) is 19.7 Å². The summed E-state index contributed by atoms with van der Waals surface area (Å²) in [6, 6.07) is 10.6. The minimum atomic E-state index is -0.629. The summed E-state index contributed by atoms with van der Waals surface area (Å²) in [6.07, 6.45) is 0. The van der Waals surface area contributed by atoms with Crippen molar-refractivity contribution in [3.8, 4) is 0 Å². The Hall–Kier alpha value is -2.87. The van der Waals surface area contributed by atoms with Crippen molar-refractivity contribution >= 4 is 35.0 Å². The number of rotatable bonds is 7. The number of esters is 1. The number of amides is 1. The smallest absolute Gasteiger partial charge is 0.316 e. The van der Waals surface area contributed by atoms with Crippen LogP contribution in [0.3, 0.4) is 0 Å². The third-order valence-corrected chi connectivity index (χ3v) is 5.04. The van der Waals surface area contributed by atoms with Crippen molar-refractivity contribution < 1.29 is 19.2 Å². The van der Waals surface area contributed by atoms with E-state index in [-0.39, 0.29) is 17.1 Å². The van der Waals surface area contributed by atoms with Gasteiger partial charge in [0.05, 0.1) is 10.7 Å². The van der Waals surface area contributed by atoms with Gasteiger partial charge in [-0.25, -0.2) is 0 Å². The molecule has 2 aromatic carbocycles. The van der Waals surface area contributed by atoms with E-state index in [1.54, 1.807) is 13.8 Å². The zero-order valence-corrected chi connectivity index (χ0v) is 16.1. The number of thioether (sulfide) groups is 1. The van der Waals surface area contributed by atoms with Crippen LogP contribution in [0, 0.1) is 30.9 Å². The number of nitro benzene ring substituents is 1. The molecule has 0 aliphatic heterocycles. The number of nitrogens with zero attached hydrogens (tertiary/aromatic N) is 1. The van der Waals surface area contributed by atoms with Crippen molar-refractivity contribution in [2.45, 2.75) is 25.7 Å². The van der Waals surface area contributed by atoms with Crippen molar-refractivity contribution in [2.75, 3.05) is 17.7 Å². The molecule has 0 fully saturated rings. The van der Waals surface area contributed by atoms with Gasteiger partial charge in [-0.1, -0.05) is 18.2 Å². The molecular formula is C19H20N2O5S. The molecule has 142 valence electrons. The van der Waals surface area contributed by atoms with E-state index in [4.69, 9.17) is 4.74 Å². The summed E-state index contributed by atoms with van der Waals surface area (Å²) in [7, 11) is 0. The lowest BCUT2D eigenvalue weighted by Crippen LogP contribution is -2.22. The van der Waals surface area contributed by atoms with E-state index >= 15 is 0 Å². The highest BCUT2D eigenvalue weighted by atomic mass is 32.2. The third-order valence-electron chi connectivity index (χ3n) is 3.89. The van der Waals surface area contributed by atoms with Gasteiger partial charge in [-0.3, -0.25) is 19.7 Å². The fraction of sp³-hybridized carbons (Fsp3) is 0.263. The minimum Gasteiger partial charge on any atom is -0.455 e. The maximum Gasteiger partial charge on any atom is 0.316 e. The van der Waals surface area contributed by atoms with E-state index in [1.807, 2.05) is 31.2 Å². The molecule has 0 saturated heterocycles. The first-order chi connectivity index (χ1) is 12.8. The van der Waals surface area contributed by atoms with E-state index in [2.05, 4.69) is 5.32 Å². The second-order valence-electron chi connectivity index (χ2n) is 5.97. The largest absolute Gasteiger partial charge is 0.455 e. The summed E-state index contributed by atoms with van der Waals surface area (Å²) in [4.78, 5) is 35.4. The highest BCUT2D eigenvalue weighted by Gasteiger charge is 2.18. The second kappa shape index (κ2) is 9.18. The predicted octanol–water partition coefficient (Wildman–Crippen LogP) is 3.79. The van der Waals surface area contributed by atoms with Crippen LogP contribution in [-0.2, 0) is 14.3 Å². The van der Waals surface area contributed by atoms with Crippen LogP contribution in [0.1, 0.15) is 16.7 Å². The van der Waals surface area contributed by atoms with Gasteiger partial charge in [0.25, 0.3) is 11.6 Å². The van der Waals surface area contributed by atoms with Crippen molar-refractivity contribution in [1.82, 2.24) is 0 Å². The number of ether oxygens (including phenoxy) is 1. The molecule has 0 unspecified atom stereocenters. The Balaban J connectivity index is 1.89. The van der Waals surface area contributed by atoms with E-state index in [1.165, 1.54) is 23.9 Å². The molecule has 0 heterocycles. The van der Waals surface area contributed by atoms with Gasteiger partial charge in [0.2, 0.25) is 0 Å². The van der Waals surface area contributed by atoms with Crippen molar-refractivity contribution in [1.29, 1.82) is 0 Å². The Morgan fingerprint density at radius 2 is 1.78 bits per heavy atom. The van der Waals surface area contributed by atoms with Crippen LogP contribution >= 0.6 is 11.8 Å². The molecule has 0 saturated carbocycles. The molecule has 0 bridgehead atoms. The van der Waals surface area contributed by atoms with Crippen LogP contribution < -0.4 is 5.32 Å². The Kier molecular flexibility index (Phi) is 6.95. The van der Waals surface area contributed by atoms with Crippen LogP contribution in [-0.4, -0.2) is 29.2 Å². The topological polar surface area (TPSA) is 98.5 Å². The molecule has 7 nitrogen and oxygen atoms in total. The molecular weight excluding hydrogens is 368 g/mol. The van der Waals surface area contributed by atoms with Crippen molar-refractivity contribution in [3.63, 3.8) is 0 Å². The summed E-state index contributed by atoms with van der Waals surface area (Å²) >= 11 is 1.33. The first-order valence-corrected chi connectivity index (χ1v) is 9.16. The summed E-state index contributed by atoms with van der Waals surface area (Å²) in [5.74, 6) is -1.09. The Morgan fingerprint density at radius 1 is 1.11 bits per heavy atom. The molecule has 2 rings (SSSR count). The van der Waals surface area contributed by atoms with Crippen LogP contribution in [0.4, 0.5) is 11.4 Å². The minimum absolute atomic E-state index is 0.0714. The number of carbonyl (C=O) groups is 2. The SMILES string of the molecule is Cc1cc(NC(=O)COC(=O)CSc2ccccc2C)c([N+](=O)[O-])cc1C. The number of nitrogens with one attached hydrogen (secondary N) is 1. The molecule has 0 radical (unpaired) electrons. The fourth-order valence-electron chi connectivity index (χ4n) is 2.28. The number of aryl methyl sites for hydroxylation is 3. The summed E-state index contributed by atoms with van der Waals surface area (Å²) in [6.45, 7) is 4.98. The molecule has 2 aromatic rings. The lowest BCUT2D eigenvalue weighted by Gasteiger charge is -2.09. The molecule has 0 spiro atoms. The average Bonchev–Trinajstić information content (AvgIpc) is 2.62. The van der Waals surface area contributed by atoms with Crippen LogP contribution in [0.5, 0.6) is 0 Å². The van der Waals surface area contributed by atoms with Gasteiger partial charge < -0.3 is 10.1 Å². The van der Waals surface area contributed by atoms with Gasteiger partial charge in [-0.05, 0) is 49.6 Å². The van der Waals surface area contributed by atoms with Crippen LogP contribution in [0.2, 0.25) is 0 Å². The molecule has 0 aliphatic carbocycles. The van der Waals surface area contributed by atoms with Gasteiger partial charge in [0, 0.05) is 11.0 Å². The Morgan fingerprint density at radius 3 is 2.44 bits per heavy atom. The average molecular weight is 388 g/mol. The van der Waals surface area contributed by atoms with Gasteiger partial charge >= 0.3 is 5.97 Å². The van der Waals surface area contributed by atoms with E-state index < -0.39 is 23.4 Å².